The molecule has 0 radical (unpaired) electrons. The fourth-order valence-electron chi connectivity index (χ4n) is 2.70. The van der Waals surface area contributed by atoms with Gasteiger partial charge in [-0.25, -0.2) is 0 Å². The summed E-state index contributed by atoms with van der Waals surface area (Å²) in [7, 11) is 0. The topological polar surface area (TPSA) is 93.4 Å². The van der Waals surface area contributed by atoms with Crippen molar-refractivity contribution in [1.29, 1.82) is 0 Å². The number of hydrogen-bond acceptors (Lipinski definition) is 6. The molecule has 0 spiro atoms. The van der Waals surface area contributed by atoms with Crippen LogP contribution in [0.5, 0.6) is 0 Å². The summed E-state index contributed by atoms with van der Waals surface area (Å²) in [6.45, 7) is 5.37. The number of benzene rings is 1. The molecule has 132 valence electrons. The lowest BCUT2D eigenvalue weighted by Crippen LogP contribution is -2.51. The van der Waals surface area contributed by atoms with Crippen LogP contribution in [-0.2, 0) is 4.74 Å². The summed E-state index contributed by atoms with van der Waals surface area (Å²) in [6, 6.07) is 11.0. The monoisotopic (exact) mass is 341 g/mol. The van der Waals surface area contributed by atoms with Crippen molar-refractivity contribution in [3.8, 4) is 0 Å². The summed E-state index contributed by atoms with van der Waals surface area (Å²) in [6.07, 6.45) is -0.123. The number of aryl methyl sites for hydroxylation is 1. The number of aromatic nitrogens is 2. The normalized spacial score (nSPS) is 18.7. The van der Waals surface area contributed by atoms with Crippen LogP contribution in [0.1, 0.15) is 23.0 Å². The number of nitrogens with zero attached hydrogens (tertiary/aromatic N) is 3. The van der Waals surface area contributed by atoms with Crippen LogP contribution in [0.15, 0.2) is 36.4 Å². The molecule has 3 rings (SSSR count). The van der Waals surface area contributed by atoms with Crippen molar-refractivity contribution in [3.63, 3.8) is 0 Å². The number of carbonyl (C=O) groups excluding carboxylic acids is 1. The Morgan fingerprint density at radius 2 is 2.20 bits per heavy atom. The highest BCUT2D eigenvalue weighted by molar-refractivity contribution is 5.95. The molecule has 1 aromatic heterocycles. The fourth-order valence-corrected chi connectivity index (χ4v) is 2.70. The number of ether oxygens (including phenoxy) is 1. The third-order valence-corrected chi connectivity index (χ3v) is 4.15. The van der Waals surface area contributed by atoms with E-state index in [9.17, 15) is 4.79 Å². The van der Waals surface area contributed by atoms with Crippen molar-refractivity contribution in [2.75, 3.05) is 25.0 Å². The smallest absolute Gasteiger partial charge is 0.254 e. The number of amides is 1. The standard InChI is InChI=1S/C18H23N5O2/c1-12-6-7-17(22-21-12)20-15-5-3-4-14(10-15)18(24)23-8-9-25-16(11-23)13(2)19/h3-7,10,13,16H,8-9,11,19H2,1-2H3,(H,20,22). The highest BCUT2D eigenvalue weighted by Crippen LogP contribution is 2.18. The van der Waals surface area contributed by atoms with Gasteiger partial charge in [-0.2, -0.15) is 5.10 Å². The Hall–Kier alpha value is -2.51. The van der Waals surface area contributed by atoms with E-state index in [0.29, 0.717) is 31.1 Å². The summed E-state index contributed by atoms with van der Waals surface area (Å²) in [5.41, 5.74) is 8.17. The van der Waals surface area contributed by atoms with Crippen molar-refractivity contribution in [2.24, 2.45) is 5.73 Å². The van der Waals surface area contributed by atoms with E-state index in [1.165, 1.54) is 0 Å². The summed E-state index contributed by atoms with van der Waals surface area (Å²) < 4.78 is 5.62. The van der Waals surface area contributed by atoms with Gasteiger partial charge < -0.3 is 20.7 Å². The Balaban J connectivity index is 1.72. The minimum Gasteiger partial charge on any atom is -0.373 e. The Morgan fingerprint density at radius 3 is 2.92 bits per heavy atom. The molecule has 1 fully saturated rings. The molecule has 1 aliphatic heterocycles. The highest BCUT2D eigenvalue weighted by atomic mass is 16.5. The molecule has 7 heteroatoms. The van der Waals surface area contributed by atoms with E-state index >= 15 is 0 Å². The minimum absolute atomic E-state index is 0.0207. The number of rotatable bonds is 4. The van der Waals surface area contributed by atoms with Gasteiger partial charge in [0.1, 0.15) is 0 Å². The van der Waals surface area contributed by atoms with Crippen LogP contribution in [-0.4, -0.2) is 52.8 Å². The van der Waals surface area contributed by atoms with E-state index < -0.39 is 0 Å². The number of nitrogens with one attached hydrogen (secondary N) is 1. The van der Waals surface area contributed by atoms with Crippen LogP contribution < -0.4 is 11.1 Å². The second kappa shape index (κ2) is 7.58. The van der Waals surface area contributed by atoms with Gasteiger partial charge in [0.2, 0.25) is 0 Å². The molecule has 1 saturated heterocycles. The van der Waals surface area contributed by atoms with Gasteiger partial charge in [0, 0.05) is 30.4 Å². The van der Waals surface area contributed by atoms with Gasteiger partial charge in [-0.05, 0) is 44.2 Å². The van der Waals surface area contributed by atoms with Gasteiger partial charge in [-0.1, -0.05) is 6.07 Å². The third-order valence-electron chi connectivity index (χ3n) is 4.15. The Kier molecular flexibility index (Phi) is 5.25. The van der Waals surface area contributed by atoms with Gasteiger partial charge in [0.25, 0.3) is 5.91 Å². The number of nitrogens with two attached hydrogens (primary N) is 1. The Bertz CT molecular complexity index is 733. The highest BCUT2D eigenvalue weighted by Gasteiger charge is 2.27. The van der Waals surface area contributed by atoms with Crippen molar-refractivity contribution in [2.45, 2.75) is 26.0 Å². The Morgan fingerprint density at radius 1 is 1.36 bits per heavy atom. The molecule has 0 bridgehead atoms. The average molecular weight is 341 g/mol. The number of morpholine rings is 1. The van der Waals surface area contributed by atoms with Crippen LogP contribution in [0.3, 0.4) is 0 Å². The predicted octanol–water partition coefficient (Wildman–Crippen LogP) is 1.72. The molecular formula is C18H23N5O2. The molecule has 1 aromatic carbocycles. The van der Waals surface area contributed by atoms with Crippen LogP contribution in [0.4, 0.5) is 11.5 Å². The zero-order valence-electron chi connectivity index (χ0n) is 14.5. The molecule has 7 nitrogen and oxygen atoms in total. The number of carbonyl (C=O) groups is 1. The van der Waals surface area contributed by atoms with E-state index in [0.717, 1.165) is 11.4 Å². The lowest BCUT2D eigenvalue weighted by Gasteiger charge is -2.34. The first kappa shape index (κ1) is 17.3. The lowest BCUT2D eigenvalue weighted by molar-refractivity contribution is -0.0300. The summed E-state index contributed by atoms with van der Waals surface area (Å²) in [5.74, 6) is 0.617. The summed E-state index contributed by atoms with van der Waals surface area (Å²) >= 11 is 0. The lowest BCUT2D eigenvalue weighted by atomic mass is 10.1. The van der Waals surface area contributed by atoms with Crippen molar-refractivity contribution < 1.29 is 9.53 Å². The van der Waals surface area contributed by atoms with E-state index in [4.69, 9.17) is 10.5 Å². The molecule has 0 aliphatic carbocycles. The van der Waals surface area contributed by atoms with Crippen molar-refractivity contribution in [1.82, 2.24) is 15.1 Å². The number of hydrogen-bond donors (Lipinski definition) is 2. The van der Waals surface area contributed by atoms with Gasteiger partial charge in [-0.15, -0.1) is 5.10 Å². The maximum Gasteiger partial charge on any atom is 0.254 e. The maximum absolute atomic E-state index is 12.8. The molecular weight excluding hydrogens is 318 g/mol. The van der Waals surface area contributed by atoms with Crippen LogP contribution in [0.2, 0.25) is 0 Å². The number of anilines is 2. The third kappa shape index (κ3) is 4.32. The van der Waals surface area contributed by atoms with Gasteiger partial charge >= 0.3 is 0 Å². The molecule has 25 heavy (non-hydrogen) atoms. The first-order valence-electron chi connectivity index (χ1n) is 8.37. The van der Waals surface area contributed by atoms with Gasteiger partial charge in [-0.3, -0.25) is 4.79 Å². The fraction of sp³-hybridized carbons (Fsp3) is 0.389. The maximum atomic E-state index is 12.8. The molecule has 3 N–H and O–H groups in total. The SMILES string of the molecule is Cc1ccc(Nc2cccc(C(=O)N3CCOC(C(C)N)C3)c2)nn1. The molecule has 2 atom stereocenters. The predicted molar refractivity (Wildman–Crippen MR) is 95.8 cm³/mol. The Labute approximate surface area is 147 Å². The zero-order valence-corrected chi connectivity index (χ0v) is 14.5. The summed E-state index contributed by atoms with van der Waals surface area (Å²) in [5, 5.41) is 11.3. The zero-order chi connectivity index (χ0) is 17.8. The van der Waals surface area contributed by atoms with Crippen LogP contribution in [0, 0.1) is 6.92 Å². The molecule has 2 heterocycles. The molecule has 2 aromatic rings. The van der Waals surface area contributed by atoms with Crippen molar-refractivity contribution >= 4 is 17.4 Å². The van der Waals surface area contributed by atoms with E-state index in [1.54, 1.807) is 4.90 Å². The average Bonchev–Trinajstić information content (AvgIpc) is 2.63. The van der Waals surface area contributed by atoms with Gasteiger partial charge in [0.05, 0.1) is 18.4 Å². The van der Waals surface area contributed by atoms with Crippen LogP contribution in [0.25, 0.3) is 0 Å². The van der Waals surface area contributed by atoms with E-state index in [1.807, 2.05) is 50.2 Å². The molecule has 2 unspecified atom stereocenters. The first-order valence-corrected chi connectivity index (χ1v) is 8.37. The molecule has 0 saturated carbocycles. The second-order valence-electron chi connectivity index (χ2n) is 6.29. The largest absolute Gasteiger partial charge is 0.373 e. The molecule has 1 amide bonds. The van der Waals surface area contributed by atoms with E-state index in [-0.39, 0.29) is 18.1 Å². The van der Waals surface area contributed by atoms with Gasteiger partial charge in [0.15, 0.2) is 5.82 Å². The quantitative estimate of drug-likeness (QED) is 0.879. The van der Waals surface area contributed by atoms with E-state index in [2.05, 4.69) is 15.5 Å². The van der Waals surface area contributed by atoms with Crippen LogP contribution >= 0.6 is 0 Å². The summed E-state index contributed by atoms with van der Waals surface area (Å²) in [4.78, 5) is 14.6. The molecule has 1 aliphatic rings. The first-order chi connectivity index (χ1) is 12.0. The minimum atomic E-state index is -0.123. The van der Waals surface area contributed by atoms with Crippen molar-refractivity contribution in [3.05, 3.63) is 47.7 Å². The second-order valence-corrected chi connectivity index (χ2v) is 6.29.